The van der Waals surface area contributed by atoms with Gasteiger partial charge in [0.25, 0.3) is 15.6 Å². The van der Waals surface area contributed by atoms with E-state index in [1.54, 1.807) is 12.1 Å². The molecule has 0 aliphatic rings. The van der Waals surface area contributed by atoms with Crippen LogP contribution in [0, 0.1) is 11.6 Å². The highest BCUT2D eigenvalue weighted by Crippen LogP contribution is 2.35. The van der Waals surface area contributed by atoms with Gasteiger partial charge >= 0.3 is 5.97 Å². The molecule has 0 aliphatic heterocycles. The fourth-order valence-electron chi connectivity index (χ4n) is 2.99. The lowest BCUT2D eigenvalue weighted by Gasteiger charge is -2.15. The number of benzene rings is 2. The fourth-order valence-corrected chi connectivity index (χ4v) is 4.21. The number of para-hydroxylation sites is 1. The third kappa shape index (κ3) is 5.02. The lowest BCUT2D eigenvalue weighted by Crippen LogP contribution is -2.28. The Morgan fingerprint density at radius 2 is 1.82 bits per heavy atom. The number of aliphatic hydroxyl groups excluding tert-OH is 1. The average Bonchev–Trinajstić information content (AvgIpc) is 2.76. The molecule has 33 heavy (non-hydrogen) atoms. The molecule has 2 aromatic carbocycles. The van der Waals surface area contributed by atoms with Crippen molar-refractivity contribution < 1.29 is 36.9 Å². The molecule has 174 valence electrons. The number of nitrogens with zero attached hydrogens (tertiary/aromatic N) is 1. The molecule has 1 heterocycles. The highest BCUT2D eigenvalue weighted by atomic mass is 32.2. The number of carboxylic acids is 1. The number of aromatic carboxylic acids is 1. The number of aryl methyl sites for hydroxylation is 1. The van der Waals surface area contributed by atoms with Gasteiger partial charge in [0.1, 0.15) is 24.0 Å². The summed E-state index contributed by atoms with van der Waals surface area (Å²) in [6.45, 7) is -0.405. The number of carbonyl (C=O) groups is 1. The summed E-state index contributed by atoms with van der Waals surface area (Å²) >= 11 is 0. The van der Waals surface area contributed by atoms with Gasteiger partial charge in [0.05, 0.1) is 17.9 Å². The van der Waals surface area contributed by atoms with Crippen LogP contribution in [-0.2, 0) is 17.1 Å². The van der Waals surface area contributed by atoms with Gasteiger partial charge in [-0.2, -0.15) is 0 Å². The highest BCUT2D eigenvalue weighted by molar-refractivity contribution is 7.92. The topological polar surface area (TPSA) is 135 Å². The van der Waals surface area contributed by atoms with E-state index in [9.17, 15) is 26.8 Å². The Morgan fingerprint density at radius 3 is 2.48 bits per heavy atom. The molecule has 1 aromatic heterocycles. The van der Waals surface area contributed by atoms with E-state index in [-0.39, 0.29) is 30.1 Å². The van der Waals surface area contributed by atoms with Gasteiger partial charge < -0.3 is 19.5 Å². The van der Waals surface area contributed by atoms with Gasteiger partial charge in [-0.25, -0.2) is 22.0 Å². The van der Waals surface area contributed by atoms with E-state index in [0.29, 0.717) is 12.1 Å². The van der Waals surface area contributed by atoms with E-state index in [1.165, 1.54) is 12.1 Å². The number of nitrogens with one attached hydrogen (secondary N) is 1. The molecule has 0 bridgehead atoms. The van der Waals surface area contributed by atoms with Gasteiger partial charge in [0.15, 0.2) is 4.90 Å². The summed E-state index contributed by atoms with van der Waals surface area (Å²) in [6.07, 6.45) is 0.934. The van der Waals surface area contributed by atoms with Crippen molar-refractivity contribution >= 4 is 21.7 Å². The van der Waals surface area contributed by atoms with Crippen molar-refractivity contribution in [3.8, 4) is 16.9 Å². The number of hydrogen-bond donors (Lipinski definition) is 3. The number of anilines is 1. The Bertz CT molecular complexity index is 1390. The molecule has 3 N–H and O–H groups in total. The number of rotatable bonds is 8. The number of carboxylic acid groups (broad SMARTS) is 1. The molecule has 0 atom stereocenters. The van der Waals surface area contributed by atoms with Crippen LogP contribution in [0.5, 0.6) is 5.75 Å². The van der Waals surface area contributed by atoms with Crippen LogP contribution in [0.2, 0.25) is 0 Å². The predicted octanol–water partition coefficient (Wildman–Crippen LogP) is 2.20. The minimum absolute atomic E-state index is 0.0947. The van der Waals surface area contributed by atoms with Crippen LogP contribution in [-0.4, -0.2) is 42.4 Å². The average molecular weight is 480 g/mol. The van der Waals surface area contributed by atoms with Gasteiger partial charge in [-0.15, -0.1) is 0 Å². The largest absolute Gasteiger partial charge is 0.491 e. The fraction of sp³-hybridized carbons (Fsp3) is 0.143. The first kappa shape index (κ1) is 23.9. The van der Waals surface area contributed by atoms with Crippen molar-refractivity contribution in [1.82, 2.24) is 4.57 Å². The lowest BCUT2D eigenvalue weighted by atomic mass is 10.0. The summed E-state index contributed by atoms with van der Waals surface area (Å²) in [4.78, 5) is 22.6. The number of sulfonamides is 1. The van der Waals surface area contributed by atoms with Gasteiger partial charge in [0, 0.05) is 30.4 Å². The number of halogens is 2. The third-order valence-corrected chi connectivity index (χ3v) is 5.87. The van der Waals surface area contributed by atoms with Crippen LogP contribution < -0.4 is 15.0 Å². The summed E-state index contributed by atoms with van der Waals surface area (Å²) < 4.78 is 62.7. The third-order valence-electron chi connectivity index (χ3n) is 4.51. The Hall–Kier alpha value is -3.77. The Morgan fingerprint density at radius 1 is 1.12 bits per heavy atom. The maximum absolute atomic E-state index is 14.6. The molecule has 9 nitrogen and oxygen atoms in total. The first-order valence-electron chi connectivity index (χ1n) is 9.34. The molecule has 12 heteroatoms. The van der Waals surface area contributed by atoms with Crippen molar-refractivity contribution in [3.63, 3.8) is 0 Å². The number of pyridine rings is 1. The molecule has 0 radical (unpaired) electrons. The molecule has 0 amide bonds. The highest BCUT2D eigenvalue weighted by Gasteiger charge is 2.24. The summed E-state index contributed by atoms with van der Waals surface area (Å²) in [5.74, 6) is -3.59. The molecule has 0 spiro atoms. The molecule has 0 fully saturated rings. The molecule has 3 rings (SSSR count). The monoisotopic (exact) mass is 480 g/mol. The van der Waals surface area contributed by atoms with E-state index in [0.717, 1.165) is 23.9 Å². The van der Waals surface area contributed by atoms with Crippen LogP contribution >= 0.6 is 0 Å². The van der Waals surface area contributed by atoms with E-state index in [2.05, 4.69) is 0 Å². The van der Waals surface area contributed by atoms with Crippen LogP contribution in [0.25, 0.3) is 11.1 Å². The zero-order valence-corrected chi connectivity index (χ0v) is 17.9. The van der Waals surface area contributed by atoms with Crippen LogP contribution in [0.1, 0.15) is 10.4 Å². The molecule has 3 aromatic rings. The number of hydrogen-bond acceptors (Lipinski definition) is 6. The summed E-state index contributed by atoms with van der Waals surface area (Å²) in [6, 6.07) is 8.07. The normalized spacial score (nSPS) is 11.3. The molecule has 0 unspecified atom stereocenters. The molecular formula is C21H18F2N2O7S. The Kier molecular flexibility index (Phi) is 6.79. The van der Waals surface area contributed by atoms with Gasteiger partial charge in [-0.1, -0.05) is 18.2 Å². The van der Waals surface area contributed by atoms with Gasteiger partial charge in [-0.3, -0.25) is 9.52 Å². The molecule has 0 saturated carbocycles. The first-order chi connectivity index (χ1) is 15.5. The zero-order valence-electron chi connectivity index (χ0n) is 17.1. The first-order valence-corrected chi connectivity index (χ1v) is 10.8. The standard InChI is InChI=1S/C21H18F2N2O7S/c1-25-11-12(21(28)29)8-19(20(25)27)33(30,31)24-17-9-14(15(22)10-16(17)23)13-4-2-3-5-18(13)32-7-6-26/h2-5,8-11,24,26H,6-7H2,1H3,(H,28,29). The maximum atomic E-state index is 14.6. The Labute approximate surface area is 186 Å². The quantitative estimate of drug-likeness (QED) is 0.450. The minimum atomic E-state index is -4.75. The maximum Gasteiger partial charge on any atom is 0.337 e. The van der Waals surface area contributed by atoms with Crippen molar-refractivity contribution in [2.75, 3.05) is 17.9 Å². The molecule has 0 aliphatic carbocycles. The van der Waals surface area contributed by atoms with Gasteiger partial charge in [0.2, 0.25) is 0 Å². The van der Waals surface area contributed by atoms with Crippen molar-refractivity contribution in [2.45, 2.75) is 4.90 Å². The summed E-state index contributed by atoms with van der Waals surface area (Å²) in [5.41, 5.74) is -2.25. The lowest BCUT2D eigenvalue weighted by molar-refractivity contribution is 0.0695. The number of aromatic nitrogens is 1. The van der Waals surface area contributed by atoms with E-state index in [1.807, 2.05) is 4.72 Å². The number of ether oxygens (including phenoxy) is 1. The van der Waals surface area contributed by atoms with Crippen LogP contribution in [0.15, 0.2) is 58.4 Å². The van der Waals surface area contributed by atoms with E-state index >= 15 is 0 Å². The summed E-state index contributed by atoms with van der Waals surface area (Å²) in [7, 11) is -3.59. The second kappa shape index (κ2) is 9.38. The van der Waals surface area contributed by atoms with Crippen molar-refractivity contribution in [1.29, 1.82) is 0 Å². The second-order valence-electron chi connectivity index (χ2n) is 6.80. The zero-order chi connectivity index (χ0) is 24.3. The van der Waals surface area contributed by atoms with Crippen LogP contribution in [0.4, 0.5) is 14.5 Å². The molecule has 0 saturated heterocycles. The van der Waals surface area contributed by atoms with E-state index in [4.69, 9.17) is 14.9 Å². The number of aliphatic hydroxyl groups is 1. The van der Waals surface area contributed by atoms with Gasteiger partial charge in [-0.05, 0) is 18.2 Å². The second-order valence-corrected chi connectivity index (χ2v) is 8.45. The predicted molar refractivity (Wildman–Crippen MR) is 114 cm³/mol. The SMILES string of the molecule is Cn1cc(C(=O)O)cc(S(=O)(=O)Nc2cc(-c3ccccc3OCCO)c(F)cc2F)c1=O. The smallest absolute Gasteiger partial charge is 0.337 e. The van der Waals surface area contributed by atoms with Crippen LogP contribution in [0.3, 0.4) is 0 Å². The minimum Gasteiger partial charge on any atom is -0.491 e. The van der Waals surface area contributed by atoms with E-state index < -0.39 is 49.3 Å². The Balaban J connectivity index is 2.10. The van der Waals surface area contributed by atoms with Crippen molar-refractivity contribution in [3.05, 3.63) is 76.2 Å². The molecular weight excluding hydrogens is 462 g/mol. The van der Waals surface area contributed by atoms with Crippen molar-refractivity contribution in [2.24, 2.45) is 7.05 Å². The summed E-state index contributed by atoms with van der Waals surface area (Å²) in [5, 5.41) is 18.1.